The third-order valence-electron chi connectivity index (χ3n) is 4.66. The Hall–Kier alpha value is -0.610. The van der Waals surface area contributed by atoms with Crippen LogP contribution in [0.15, 0.2) is 0 Å². The van der Waals surface area contributed by atoms with E-state index in [1.807, 2.05) is 0 Å². The summed E-state index contributed by atoms with van der Waals surface area (Å²) in [4.78, 5) is 14.3. The number of fused-ring (bicyclic) bond motifs is 1. The van der Waals surface area contributed by atoms with Crippen LogP contribution in [-0.4, -0.2) is 49.2 Å². The molecular formula is C14H24N2O2. The van der Waals surface area contributed by atoms with Crippen LogP contribution < -0.4 is 5.32 Å². The van der Waals surface area contributed by atoms with E-state index in [1.165, 1.54) is 12.8 Å². The van der Waals surface area contributed by atoms with Gasteiger partial charge in [0, 0.05) is 32.2 Å². The summed E-state index contributed by atoms with van der Waals surface area (Å²) in [7, 11) is 0. The largest absolute Gasteiger partial charge is 0.378 e. The van der Waals surface area contributed by atoms with Crippen molar-refractivity contribution in [2.45, 2.75) is 50.7 Å². The summed E-state index contributed by atoms with van der Waals surface area (Å²) in [6, 6.07) is 0.561. The van der Waals surface area contributed by atoms with Gasteiger partial charge in [-0.1, -0.05) is 0 Å². The Morgan fingerprint density at radius 2 is 2.22 bits per heavy atom. The van der Waals surface area contributed by atoms with E-state index in [4.69, 9.17) is 4.74 Å². The summed E-state index contributed by atoms with van der Waals surface area (Å²) >= 11 is 0. The van der Waals surface area contributed by atoms with Crippen molar-refractivity contribution in [2.24, 2.45) is 5.92 Å². The van der Waals surface area contributed by atoms with Gasteiger partial charge in [-0.15, -0.1) is 0 Å². The first-order valence-electron chi connectivity index (χ1n) is 7.45. The summed E-state index contributed by atoms with van der Waals surface area (Å²) < 4.78 is 5.58. The van der Waals surface area contributed by atoms with Crippen LogP contribution >= 0.6 is 0 Å². The topological polar surface area (TPSA) is 41.6 Å². The molecule has 0 aromatic heterocycles. The van der Waals surface area contributed by atoms with Gasteiger partial charge < -0.3 is 15.0 Å². The minimum atomic E-state index is 0.335. The van der Waals surface area contributed by atoms with Gasteiger partial charge in [0.1, 0.15) is 0 Å². The van der Waals surface area contributed by atoms with E-state index in [0.717, 1.165) is 45.5 Å². The van der Waals surface area contributed by atoms with Crippen molar-refractivity contribution < 1.29 is 9.53 Å². The number of ether oxygens (including phenoxy) is 1. The molecule has 3 heterocycles. The maximum Gasteiger partial charge on any atom is 0.222 e. The zero-order chi connectivity index (χ0) is 12.4. The predicted octanol–water partition coefficient (Wildman–Crippen LogP) is 1.16. The minimum Gasteiger partial charge on any atom is -0.378 e. The van der Waals surface area contributed by atoms with Crippen LogP contribution in [-0.2, 0) is 9.53 Å². The Morgan fingerprint density at radius 3 is 3.00 bits per heavy atom. The third-order valence-corrected chi connectivity index (χ3v) is 4.66. The van der Waals surface area contributed by atoms with Crippen LogP contribution in [0.3, 0.4) is 0 Å². The highest BCUT2D eigenvalue weighted by atomic mass is 16.5. The molecular weight excluding hydrogens is 228 g/mol. The lowest BCUT2D eigenvalue weighted by Crippen LogP contribution is -2.41. The van der Waals surface area contributed by atoms with E-state index >= 15 is 0 Å². The fourth-order valence-corrected chi connectivity index (χ4v) is 3.56. The number of hydrogen-bond acceptors (Lipinski definition) is 3. The van der Waals surface area contributed by atoms with Crippen molar-refractivity contribution in [3.8, 4) is 0 Å². The van der Waals surface area contributed by atoms with E-state index in [9.17, 15) is 4.79 Å². The fourth-order valence-electron chi connectivity index (χ4n) is 3.56. The molecule has 4 nitrogen and oxygen atoms in total. The molecule has 3 aliphatic rings. The predicted molar refractivity (Wildman–Crippen MR) is 69.3 cm³/mol. The van der Waals surface area contributed by atoms with E-state index in [1.54, 1.807) is 0 Å². The first-order valence-corrected chi connectivity index (χ1v) is 7.45. The summed E-state index contributed by atoms with van der Waals surface area (Å²) in [6.07, 6.45) is 6.78. The second kappa shape index (κ2) is 5.57. The van der Waals surface area contributed by atoms with E-state index < -0.39 is 0 Å². The molecule has 102 valence electrons. The van der Waals surface area contributed by atoms with Gasteiger partial charge in [-0.3, -0.25) is 4.79 Å². The molecule has 3 rings (SSSR count). The summed E-state index contributed by atoms with van der Waals surface area (Å²) in [5.74, 6) is 1.03. The molecule has 1 amide bonds. The molecule has 3 atom stereocenters. The van der Waals surface area contributed by atoms with Gasteiger partial charge in [-0.2, -0.15) is 0 Å². The zero-order valence-electron chi connectivity index (χ0n) is 11.1. The third kappa shape index (κ3) is 2.69. The fraction of sp³-hybridized carbons (Fsp3) is 0.929. The van der Waals surface area contributed by atoms with E-state index in [2.05, 4.69) is 10.2 Å². The lowest BCUT2D eigenvalue weighted by atomic mass is 9.94. The van der Waals surface area contributed by atoms with Crippen molar-refractivity contribution >= 4 is 5.91 Å². The van der Waals surface area contributed by atoms with Crippen LogP contribution in [0.4, 0.5) is 0 Å². The number of amides is 1. The van der Waals surface area contributed by atoms with Gasteiger partial charge >= 0.3 is 0 Å². The van der Waals surface area contributed by atoms with Gasteiger partial charge in [-0.25, -0.2) is 0 Å². The summed E-state index contributed by atoms with van der Waals surface area (Å²) in [5, 5.41) is 3.54. The van der Waals surface area contributed by atoms with Gasteiger partial charge in [0.25, 0.3) is 0 Å². The van der Waals surface area contributed by atoms with Crippen molar-refractivity contribution in [3.05, 3.63) is 0 Å². The maximum absolute atomic E-state index is 12.2. The molecule has 4 heteroatoms. The Bertz CT molecular complexity index is 288. The van der Waals surface area contributed by atoms with Crippen molar-refractivity contribution in [1.29, 1.82) is 0 Å². The smallest absolute Gasteiger partial charge is 0.222 e. The molecule has 0 spiro atoms. The molecule has 0 saturated carbocycles. The average molecular weight is 252 g/mol. The SMILES string of the molecule is O=C(CCC1CCCO1)N1CC2CCCNC2C1. The number of carbonyl (C=O) groups is 1. The highest BCUT2D eigenvalue weighted by Crippen LogP contribution is 2.26. The van der Waals surface area contributed by atoms with Crippen molar-refractivity contribution in [3.63, 3.8) is 0 Å². The Balaban J connectivity index is 1.45. The Kier molecular flexibility index (Phi) is 3.85. The molecule has 0 aromatic carbocycles. The second-order valence-corrected chi connectivity index (χ2v) is 5.94. The highest BCUT2D eigenvalue weighted by Gasteiger charge is 2.36. The number of piperidine rings is 1. The van der Waals surface area contributed by atoms with Crippen LogP contribution in [0, 0.1) is 5.92 Å². The lowest BCUT2D eigenvalue weighted by molar-refractivity contribution is -0.131. The standard InChI is InChI=1S/C14H24N2O2/c17-14(6-5-12-4-2-8-18-12)16-9-11-3-1-7-15-13(11)10-16/h11-13,15H,1-10H2. The minimum absolute atomic E-state index is 0.335. The monoisotopic (exact) mass is 252 g/mol. The van der Waals surface area contributed by atoms with Crippen molar-refractivity contribution in [1.82, 2.24) is 10.2 Å². The number of nitrogens with one attached hydrogen (secondary N) is 1. The number of rotatable bonds is 3. The summed E-state index contributed by atoms with van der Waals surface area (Å²) in [6.45, 7) is 3.91. The van der Waals surface area contributed by atoms with Crippen molar-refractivity contribution in [2.75, 3.05) is 26.2 Å². The Labute approximate surface area is 109 Å². The molecule has 3 fully saturated rings. The number of likely N-dealkylation sites (tertiary alicyclic amines) is 1. The number of nitrogens with zero attached hydrogens (tertiary/aromatic N) is 1. The first-order chi connectivity index (χ1) is 8.83. The zero-order valence-corrected chi connectivity index (χ0v) is 11.1. The lowest BCUT2D eigenvalue weighted by Gasteiger charge is -2.24. The quantitative estimate of drug-likeness (QED) is 0.819. The Morgan fingerprint density at radius 1 is 1.28 bits per heavy atom. The van der Waals surface area contributed by atoms with Gasteiger partial charge in [0.05, 0.1) is 6.10 Å². The van der Waals surface area contributed by atoms with Gasteiger partial charge in [-0.05, 0) is 44.6 Å². The first kappa shape index (κ1) is 12.4. The average Bonchev–Trinajstić information content (AvgIpc) is 3.04. The molecule has 3 saturated heterocycles. The van der Waals surface area contributed by atoms with Crippen LogP contribution in [0.5, 0.6) is 0 Å². The van der Waals surface area contributed by atoms with Crippen LogP contribution in [0.25, 0.3) is 0 Å². The molecule has 0 aliphatic carbocycles. The van der Waals surface area contributed by atoms with Crippen LogP contribution in [0.1, 0.15) is 38.5 Å². The van der Waals surface area contributed by atoms with E-state index in [0.29, 0.717) is 30.4 Å². The molecule has 0 aromatic rings. The molecule has 3 unspecified atom stereocenters. The number of carbonyl (C=O) groups excluding carboxylic acids is 1. The molecule has 0 radical (unpaired) electrons. The van der Waals surface area contributed by atoms with Crippen LogP contribution in [0.2, 0.25) is 0 Å². The number of hydrogen-bond donors (Lipinski definition) is 1. The second-order valence-electron chi connectivity index (χ2n) is 5.94. The highest BCUT2D eigenvalue weighted by molar-refractivity contribution is 5.76. The maximum atomic E-state index is 12.2. The normalized spacial score (nSPS) is 35.8. The molecule has 0 bridgehead atoms. The molecule has 1 N–H and O–H groups in total. The van der Waals surface area contributed by atoms with Gasteiger partial charge in [0.15, 0.2) is 0 Å². The molecule has 18 heavy (non-hydrogen) atoms. The molecule has 3 aliphatic heterocycles. The van der Waals surface area contributed by atoms with Gasteiger partial charge in [0.2, 0.25) is 5.91 Å². The van der Waals surface area contributed by atoms with E-state index in [-0.39, 0.29) is 0 Å². The summed E-state index contributed by atoms with van der Waals surface area (Å²) in [5.41, 5.74) is 0.